The zero-order valence-corrected chi connectivity index (χ0v) is 15.5. The molecule has 5 nitrogen and oxygen atoms in total. The minimum absolute atomic E-state index is 0.395. The number of rotatable bonds is 6. The molecule has 26 heavy (non-hydrogen) atoms. The standard InChI is InChI=1S/C21H29N3O2/c1-2-4-18(5-3-1)16-24-12-8-17(9-13-24)6-7-20-22-21(26-23-20)19-10-14-25-15-11-19/h1-5,17,19H,6-16H2. The first-order valence-electron chi connectivity index (χ1n) is 10.0. The first-order chi connectivity index (χ1) is 12.9. The Bertz CT molecular complexity index is 659. The normalized spacial score (nSPS) is 20.5. The predicted octanol–water partition coefficient (Wildman–Crippen LogP) is 3.81. The largest absolute Gasteiger partial charge is 0.381 e. The summed E-state index contributed by atoms with van der Waals surface area (Å²) in [6.45, 7) is 5.08. The lowest BCUT2D eigenvalue weighted by atomic mass is 9.92. The molecule has 2 fully saturated rings. The molecule has 1 aromatic heterocycles. The number of piperidine rings is 1. The molecule has 0 radical (unpaired) electrons. The molecule has 0 N–H and O–H groups in total. The number of aryl methyl sites for hydroxylation is 1. The van der Waals surface area contributed by atoms with Gasteiger partial charge in [-0.25, -0.2) is 0 Å². The number of aromatic nitrogens is 2. The minimum atomic E-state index is 0.395. The molecule has 2 saturated heterocycles. The second-order valence-electron chi connectivity index (χ2n) is 7.68. The second kappa shape index (κ2) is 8.78. The van der Waals surface area contributed by atoms with Crippen molar-refractivity contribution in [2.24, 2.45) is 5.92 Å². The van der Waals surface area contributed by atoms with E-state index >= 15 is 0 Å². The van der Waals surface area contributed by atoms with E-state index in [0.29, 0.717) is 5.92 Å². The molecule has 0 unspecified atom stereocenters. The maximum absolute atomic E-state index is 5.50. The molecule has 2 aliphatic rings. The third kappa shape index (κ3) is 4.71. The Labute approximate surface area is 155 Å². The van der Waals surface area contributed by atoms with Crippen molar-refractivity contribution < 1.29 is 9.26 Å². The lowest BCUT2D eigenvalue weighted by Gasteiger charge is -2.31. The SMILES string of the molecule is c1ccc(CN2CCC(CCc3noc(C4CCOCC4)n3)CC2)cc1. The Kier molecular flexibility index (Phi) is 5.97. The van der Waals surface area contributed by atoms with E-state index < -0.39 is 0 Å². The van der Waals surface area contributed by atoms with Crippen molar-refractivity contribution >= 4 is 0 Å². The summed E-state index contributed by atoms with van der Waals surface area (Å²) < 4.78 is 10.9. The molecule has 2 aromatic rings. The first kappa shape index (κ1) is 17.7. The maximum Gasteiger partial charge on any atom is 0.229 e. The Balaban J connectivity index is 1.20. The van der Waals surface area contributed by atoms with Crippen molar-refractivity contribution in [1.82, 2.24) is 15.0 Å². The molecule has 2 aliphatic heterocycles. The molecule has 0 spiro atoms. The van der Waals surface area contributed by atoms with Crippen molar-refractivity contribution in [2.45, 2.75) is 51.0 Å². The van der Waals surface area contributed by atoms with Crippen LogP contribution in [0.3, 0.4) is 0 Å². The van der Waals surface area contributed by atoms with E-state index in [2.05, 4.69) is 45.4 Å². The molecule has 140 valence electrons. The van der Waals surface area contributed by atoms with Crippen LogP contribution < -0.4 is 0 Å². The number of likely N-dealkylation sites (tertiary alicyclic amines) is 1. The highest BCUT2D eigenvalue weighted by molar-refractivity contribution is 5.14. The Morgan fingerprint density at radius 3 is 2.54 bits per heavy atom. The molecule has 0 amide bonds. The number of hydrogen-bond acceptors (Lipinski definition) is 5. The van der Waals surface area contributed by atoms with E-state index in [4.69, 9.17) is 9.26 Å². The van der Waals surface area contributed by atoms with Gasteiger partial charge < -0.3 is 9.26 Å². The van der Waals surface area contributed by atoms with Crippen molar-refractivity contribution in [3.05, 3.63) is 47.6 Å². The molecule has 1 aromatic carbocycles. The fourth-order valence-corrected chi connectivity index (χ4v) is 4.09. The Hall–Kier alpha value is -1.72. The van der Waals surface area contributed by atoms with E-state index in [1.54, 1.807) is 0 Å². The van der Waals surface area contributed by atoms with Crippen LogP contribution in [0, 0.1) is 5.92 Å². The smallest absolute Gasteiger partial charge is 0.229 e. The first-order valence-corrected chi connectivity index (χ1v) is 10.0. The number of nitrogens with zero attached hydrogens (tertiary/aromatic N) is 3. The number of hydrogen-bond donors (Lipinski definition) is 0. The van der Waals surface area contributed by atoms with Crippen LogP contribution in [0.25, 0.3) is 0 Å². The maximum atomic E-state index is 5.50. The highest BCUT2D eigenvalue weighted by Gasteiger charge is 2.23. The zero-order chi connectivity index (χ0) is 17.6. The topological polar surface area (TPSA) is 51.4 Å². The highest BCUT2D eigenvalue weighted by atomic mass is 16.5. The van der Waals surface area contributed by atoms with Gasteiger partial charge in [-0.05, 0) is 56.7 Å². The summed E-state index contributed by atoms with van der Waals surface area (Å²) in [5, 5.41) is 4.21. The van der Waals surface area contributed by atoms with Crippen molar-refractivity contribution in [1.29, 1.82) is 0 Å². The number of ether oxygens (including phenoxy) is 1. The predicted molar refractivity (Wildman–Crippen MR) is 99.9 cm³/mol. The summed E-state index contributed by atoms with van der Waals surface area (Å²) >= 11 is 0. The van der Waals surface area contributed by atoms with Crippen LogP contribution in [0.15, 0.2) is 34.9 Å². The van der Waals surface area contributed by atoms with Crippen LogP contribution in [0.4, 0.5) is 0 Å². The molecular weight excluding hydrogens is 326 g/mol. The second-order valence-corrected chi connectivity index (χ2v) is 7.68. The fourth-order valence-electron chi connectivity index (χ4n) is 4.09. The molecule has 0 bridgehead atoms. The summed E-state index contributed by atoms with van der Waals surface area (Å²) in [7, 11) is 0. The van der Waals surface area contributed by atoms with Crippen LogP contribution in [-0.4, -0.2) is 41.3 Å². The van der Waals surface area contributed by atoms with E-state index in [1.165, 1.54) is 37.9 Å². The van der Waals surface area contributed by atoms with Crippen molar-refractivity contribution in [3.63, 3.8) is 0 Å². The highest BCUT2D eigenvalue weighted by Crippen LogP contribution is 2.26. The summed E-state index contributed by atoms with van der Waals surface area (Å²) in [6, 6.07) is 10.8. The Morgan fingerprint density at radius 1 is 1.00 bits per heavy atom. The van der Waals surface area contributed by atoms with Crippen LogP contribution in [0.2, 0.25) is 0 Å². The summed E-state index contributed by atoms with van der Waals surface area (Å²) in [6.07, 6.45) is 6.67. The quantitative estimate of drug-likeness (QED) is 0.789. The lowest BCUT2D eigenvalue weighted by Crippen LogP contribution is -2.33. The fraction of sp³-hybridized carbons (Fsp3) is 0.619. The van der Waals surface area contributed by atoms with Crippen LogP contribution in [0.1, 0.15) is 55.3 Å². The average molecular weight is 355 g/mol. The Morgan fingerprint density at radius 2 is 1.77 bits per heavy atom. The summed E-state index contributed by atoms with van der Waals surface area (Å²) in [5.41, 5.74) is 1.42. The van der Waals surface area contributed by atoms with Gasteiger partial charge >= 0.3 is 0 Å². The monoisotopic (exact) mass is 355 g/mol. The van der Waals surface area contributed by atoms with Gasteiger partial charge in [-0.3, -0.25) is 4.90 Å². The van der Waals surface area contributed by atoms with Crippen LogP contribution in [-0.2, 0) is 17.7 Å². The molecule has 0 atom stereocenters. The minimum Gasteiger partial charge on any atom is -0.381 e. The summed E-state index contributed by atoms with van der Waals surface area (Å²) in [4.78, 5) is 7.22. The van der Waals surface area contributed by atoms with Gasteiger partial charge in [0.1, 0.15) is 0 Å². The van der Waals surface area contributed by atoms with Crippen molar-refractivity contribution in [3.8, 4) is 0 Å². The van der Waals surface area contributed by atoms with Crippen molar-refractivity contribution in [2.75, 3.05) is 26.3 Å². The van der Waals surface area contributed by atoms with E-state index in [-0.39, 0.29) is 0 Å². The van der Waals surface area contributed by atoms with Crippen LogP contribution in [0.5, 0.6) is 0 Å². The van der Waals surface area contributed by atoms with Gasteiger partial charge in [-0.15, -0.1) is 0 Å². The molecule has 5 heteroatoms. The molecule has 3 heterocycles. The van der Waals surface area contributed by atoms with E-state index in [1.807, 2.05) is 0 Å². The van der Waals surface area contributed by atoms with Gasteiger partial charge in [0, 0.05) is 32.1 Å². The lowest BCUT2D eigenvalue weighted by molar-refractivity contribution is 0.0778. The summed E-state index contributed by atoms with van der Waals surface area (Å²) in [5.74, 6) is 2.89. The van der Waals surface area contributed by atoms with Gasteiger partial charge in [0.15, 0.2) is 5.82 Å². The van der Waals surface area contributed by atoms with Gasteiger partial charge in [-0.2, -0.15) is 4.98 Å². The third-order valence-corrected chi connectivity index (χ3v) is 5.79. The molecule has 4 rings (SSSR count). The number of benzene rings is 1. The third-order valence-electron chi connectivity index (χ3n) is 5.79. The van der Waals surface area contributed by atoms with E-state index in [0.717, 1.165) is 56.7 Å². The van der Waals surface area contributed by atoms with Crippen LogP contribution >= 0.6 is 0 Å². The molecular formula is C21H29N3O2. The van der Waals surface area contributed by atoms with E-state index in [9.17, 15) is 0 Å². The molecule has 0 saturated carbocycles. The van der Waals surface area contributed by atoms with Gasteiger partial charge in [0.05, 0.1) is 0 Å². The van der Waals surface area contributed by atoms with Gasteiger partial charge in [-0.1, -0.05) is 35.5 Å². The molecule has 0 aliphatic carbocycles. The van der Waals surface area contributed by atoms with Gasteiger partial charge in [0.2, 0.25) is 5.89 Å². The average Bonchev–Trinajstić information content (AvgIpc) is 3.18. The zero-order valence-electron chi connectivity index (χ0n) is 15.5. The van der Waals surface area contributed by atoms with Gasteiger partial charge in [0.25, 0.3) is 0 Å².